The zero-order chi connectivity index (χ0) is 17.1. The standard InChI is InChI=1S/C18H26N4O/c1-7-16(17-12(2)20-22(6)13(17)3)19-18(23)14-9-8-10-15(11-14)21(4)5/h8-11,16H,7H2,1-6H3,(H,19,23). The van der Waals surface area contributed by atoms with Crippen LogP contribution in [0.5, 0.6) is 0 Å². The maximum absolute atomic E-state index is 12.6. The SMILES string of the molecule is CCC(NC(=O)c1cccc(N(C)C)c1)c1c(C)nn(C)c1C. The number of nitrogens with zero attached hydrogens (tertiary/aromatic N) is 3. The van der Waals surface area contributed by atoms with Crippen LogP contribution in [0.3, 0.4) is 0 Å². The van der Waals surface area contributed by atoms with Crippen molar-refractivity contribution in [3.63, 3.8) is 0 Å². The number of anilines is 1. The summed E-state index contributed by atoms with van der Waals surface area (Å²) in [5.41, 5.74) is 4.87. The highest BCUT2D eigenvalue weighted by Gasteiger charge is 2.21. The van der Waals surface area contributed by atoms with Gasteiger partial charge in [-0.25, -0.2) is 0 Å². The number of benzene rings is 1. The van der Waals surface area contributed by atoms with E-state index >= 15 is 0 Å². The average molecular weight is 314 g/mol. The van der Waals surface area contributed by atoms with E-state index in [-0.39, 0.29) is 11.9 Å². The highest BCUT2D eigenvalue weighted by atomic mass is 16.1. The second kappa shape index (κ2) is 6.86. The van der Waals surface area contributed by atoms with E-state index in [0.717, 1.165) is 29.1 Å². The molecule has 2 aromatic rings. The first-order valence-corrected chi connectivity index (χ1v) is 7.93. The van der Waals surface area contributed by atoms with Crippen molar-refractivity contribution in [1.82, 2.24) is 15.1 Å². The Morgan fingerprint density at radius 1 is 1.35 bits per heavy atom. The average Bonchev–Trinajstić information content (AvgIpc) is 2.78. The molecule has 1 aromatic heterocycles. The summed E-state index contributed by atoms with van der Waals surface area (Å²) in [7, 11) is 5.86. The van der Waals surface area contributed by atoms with Gasteiger partial charge in [0.25, 0.3) is 5.91 Å². The summed E-state index contributed by atoms with van der Waals surface area (Å²) in [6.07, 6.45) is 0.826. The van der Waals surface area contributed by atoms with E-state index in [0.29, 0.717) is 5.56 Å². The number of rotatable bonds is 5. The molecule has 0 radical (unpaired) electrons. The Hall–Kier alpha value is -2.30. The third kappa shape index (κ3) is 3.55. The number of hydrogen-bond acceptors (Lipinski definition) is 3. The monoisotopic (exact) mass is 314 g/mol. The Morgan fingerprint density at radius 3 is 2.57 bits per heavy atom. The normalized spacial score (nSPS) is 12.1. The summed E-state index contributed by atoms with van der Waals surface area (Å²) in [6.45, 7) is 6.10. The van der Waals surface area contributed by atoms with Crippen LogP contribution >= 0.6 is 0 Å². The van der Waals surface area contributed by atoms with E-state index in [1.807, 2.05) is 68.8 Å². The van der Waals surface area contributed by atoms with Crippen molar-refractivity contribution in [1.29, 1.82) is 0 Å². The van der Waals surface area contributed by atoms with Gasteiger partial charge in [-0.15, -0.1) is 0 Å². The van der Waals surface area contributed by atoms with Crippen molar-refractivity contribution in [3.05, 3.63) is 46.8 Å². The van der Waals surface area contributed by atoms with Crippen LogP contribution in [0.2, 0.25) is 0 Å². The highest BCUT2D eigenvalue weighted by molar-refractivity contribution is 5.95. The van der Waals surface area contributed by atoms with E-state index in [1.54, 1.807) is 0 Å². The van der Waals surface area contributed by atoms with Gasteiger partial charge in [0.15, 0.2) is 0 Å². The van der Waals surface area contributed by atoms with Crippen molar-refractivity contribution < 1.29 is 4.79 Å². The van der Waals surface area contributed by atoms with Gasteiger partial charge in [0, 0.05) is 43.7 Å². The Kier molecular flexibility index (Phi) is 5.08. The first-order valence-electron chi connectivity index (χ1n) is 7.93. The smallest absolute Gasteiger partial charge is 0.251 e. The van der Waals surface area contributed by atoms with E-state index < -0.39 is 0 Å². The fourth-order valence-corrected chi connectivity index (χ4v) is 2.84. The molecule has 1 amide bonds. The lowest BCUT2D eigenvalue weighted by Gasteiger charge is -2.19. The van der Waals surface area contributed by atoms with Crippen LogP contribution in [0.1, 0.15) is 46.7 Å². The Morgan fingerprint density at radius 2 is 2.04 bits per heavy atom. The summed E-state index contributed by atoms with van der Waals surface area (Å²) in [6, 6.07) is 7.62. The zero-order valence-electron chi connectivity index (χ0n) is 14.8. The van der Waals surface area contributed by atoms with Gasteiger partial charge in [-0.2, -0.15) is 5.10 Å². The van der Waals surface area contributed by atoms with Gasteiger partial charge in [-0.05, 0) is 38.5 Å². The first-order chi connectivity index (χ1) is 10.8. The molecule has 1 N–H and O–H groups in total. The Bertz CT molecular complexity index is 703. The largest absolute Gasteiger partial charge is 0.378 e. The molecule has 0 saturated carbocycles. The molecule has 0 spiro atoms. The summed E-state index contributed by atoms with van der Waals surface area (Å²) in [5.74, 6) is -0.0526. The van der Waals surface area contributed by atoms with Crippen LogP contribution in [-0.4, -0.2) is 29.8 Å². The molecule has 23 heavy (non-hydrogen) atoms. The topological polar surface area (TPSA) is 50.2 Å². The van der Waals surface area contributed by atoms with Gasteiger partial charge < -0.3 is 10.2 Å². The third-order valence-electron chi connectivity index (χ3n) is 4.25. The molecule has 1 atom stereocenters. The number of carbonyl (C=O) groups excluding carboxylic acids is 1. The number of hydrogen-bond donors (Lipinski definition) is 1. The van der Waals surface area contributed by atoms with E-state index in [4.69, 9.17) is 0 Å². The minimum absolute atomic E-state index is 0.0285. The number of amides is 1. The first kappa shape index (κ1) is 17.1. The summed E-state index contributed by atoms with van der Waals surface area (Å²) in [4.78, 5) is 14.6. The molecular formula is C18H26N4O. The molecule has 2 rings (SSSR count). The molecule has 0 bridgehead atoms. The quantitative estimate of drug-likeness (QED) is 0.923. The summed E-state index contributed by atoms with van der Waals surface area (Å²) < 4.78 is 1.87. The predicted molar refractivity (Wildman–Crippen MR) is 93.9 cm³/mol. The molecule has 1 heterocycles. The maximum Gasteiger partial charge on any atom is 0.251 e. The van der Waals surface area contributed by atoms with E-state index in [1.165, 1.54) is 0 Å². The van der Waals surface area contributed by atoms with Gasteiger partial charge in [0.2, 0.25) is 0 Å². The lowest BCUT2D eigenvalue weighted by Crippen LogP contribution is -2.29. The molecule has 0 aliphatic rings. The molecule has 1 aromatic carbocycles. The van der Waals surface area contributed by atoms with Crippen LogP contribution in [0.25, 0.3) is 0 Å². The van der Waals surface area contributed by atoms with Crippen LogP contribution < -0.4 is 10.2 Å². The molecule has 5 heteroatoms. The number of nitrogens with one attached hydrogen (secondary N) is 1. The maximum atomic E-state index is 12.6. The Balaban J connectivity index is 2.25. The minimum atomic E-state index is -0.0526. The molecule has 0 saturated heterocycles. The highest BCUT2D eigenvalue weighted by Crippen LogP contribution is 2.24. The van der Waals surface area contributed by atoms with Crippen LogP contribution in [-0.2, 0) is 7.05 Å². The van der Waals surface area contributed by atoms with E-state index in [2.05, 4.69) is 17.3 Å². The predicted octanol–water partition coefficient (Wildman–Crippen LogP) is 2.98. The van der Waals surface area contributed by atoms with Crippen LogP contribution in [0.15, 0.2) is 24.3 Å². The lowest BCUT2D eigenvalue weighted by molar-refractivity contribution is 0.0935. The van der Waals surface area contributed by atoms with Crippen molar-refractivity contribution in [3.8, 4) is 0 Å². The summed E-state index contributed by atoms with van der Waals surface area (Å²) in [5, 5.41) is 7.61. The molecule has 0 aliphatic heterocycles. The third-order valence-corrected chi connectivity index (χ3v) is 4.25. The van der Waals surface area contributed by atoms with Gasteiger partial charge in [0.05, 0.1) is 11.7 Å². The number of aryl methyl sites for hydroxylation is 2. The van der Waals surface area contributed by atoms with Crippen LogP contribution in [0.4, 0.5) is 5.69 Å². The van der Waals surface area contributed by atoms with Gasteiger partial charge in [0.1, 0.15) is 0 Å². The molecule has 5 nitrogen and oxygen atoms in total. The van der Waals surface area contributed by atoms with E-state index in [9.17, 15) is 4.79 Å². The van der Waals surface area contributed by atoms with Crippen molar-refractivity contribution >= 4 is 11.6 Å². The number of aromatic nitrogens is 2. The Labute approximate surface area is 138 Å². The van der Waals surface area contributed by atoms with Crippen molar-refractivity contribution in [2.75, 3.05) is 19.0 Å². The summed E-state index contributed by atoms with van der Waals surface area (Å²) >= 11 is 0. The molecule has 0 aliphatic carbocycles. The van der Waals surface area contributed by atoms with Gasteiger partial charge >= 0.3 is 0 Å². The van der Waals surface area contributed by atoms with Crippen molar-refractivity contribution in [2.45, 2.75) is 33.2 Å². The van der Waals surface area contributed by atoms with Crippen molar-refractivity contribution in [2.24, 2.45) is 7.05 Å². The second-order valence-electron chi connectivity index (χ2n) is 6.09. The molecule has 0 fully saturated rings. The number of carbonyl (C=O) groups is 1. The molecular weight excluding hydrogens is 288 g/mol. The van der Waals surface area contributed by atoms with Gasteiger partial charge in [-0.3, -0.25) is 9.48 Å². The lowest BCUT2D eigenvalue weighted by atomic mass is 10.0. The molecule has 1 unspecified atom stereocenters. The minimum Gasteiger partial charge on any atom is -0.378 e. The second-order valence-corrected chi connectivity index (χ2v) is 6.09. The zero-order valence-corrected chi connectivity index (χ0v) is 14.8. The molecule has 124 valence electrons. The van der Waals surface area contributed by atoms with Gasteiger partial charge in [-0.1, -0.05) is 13.0 Å². The fraction of sp³-hybridized carbons (Fsp3) is 0.444. The van der Waals surface area contributed by atoms with Crippen LogP contribution in [0, 0.1) is 13.8 Å². The fourth-order valence-electron chi connectivity index (χ4n) is 2.84.